The average molecular weight is 338 g/mol. The van der Waals surface area contributed by atoms with Crippen LogP contribution in [0.2, 0.25) is 0 Å². The molecule has 0 bridgehead atoms. The Balaban J connectivity index is 2.12. The number of anilines is 1. The van der Waals surface area contributed by atoms with Crippen molar-refractivity contribution in [3.63, 3.8) is 0 Å². The van der Waals surface area contributed by atoms with Crippen LogP contribution in [0.3, 0.4) is 0 Å². The summed E-state index contributed by atoms with van der Waals surface area (Å²) in [5.74, 6) is 1.06. The zero-order valence-electron chi connectivity index (χ0n) is 10.8. The SMILES string of the molecule is COc1ccc(/C=N/Nc2nc(=O)[nH]nc2C)cc1Br. The number of hydrogen-bond donors (Lipinski definition) is 2. The highest BCUT2D eigenvalue weighted by atomic mass is 79.9. The van der Waals surface area contributed by atoms with Crippen LogP contribution in [0.15, 0.2) is 32.6 Å². The van der Waals surface area contributed by atoms with Gasteiger partial charge in [0.15, 0.2) is 5.82 Å². The topological polar surface area (TPSA) is 92.3 Å². The molecule has 0 unspecified atom stereocenters. The van der Waals surface area contributed by atoms with Crippen LogP contribution in [0, 0.1) is 6.92 Å². The molecule has 0 fully saturated rings. The predicted molar refractivity (Wildman–Crippen MR) is 79.3 cm³/mol. The third kappa shape index (κ3) is 3.41. The average Bonchev–Trinajstić information content (AvgIpc) is 2.43. The Bertz CT molecular complexity index is 698. The molecule has 2 rings (SSSR count). The quantitative estimate of drug-likeness (QED) is 0.654. The van der Waals surface area contributed by atoms with Gasteiger partial charge < -0.3 is 4.74 Å². The molecular weight excluding hydrogens is 326 g/mol. The lowest BCUT2D eigenvalue weighted by atomic mass is 10.2. The van der Waals surface area contributed by atoms with Crippen molar-refractivity contribution >= 4 is 28.0 Å². The lowest BCUT2D eigenvalue weighted by Gasteiger charge is -2.03. The molecule has 0 atom stereocenters. The van der Waals surface area contributed by atoms with Crippen LogP contribution in [-0.2, 0) is 0 Å². The number of halogens is 1. The van der Waals surface area contributed by atoms with Gasteiger partial charge >= 0.3 is 5.69 Å². The maximum Gasteiger partial charge on any atom is 0.363 e. The van der Waals surface area contributed by atoms with Crippen LogP contribution in [0.25, 0.3) is 0 Å². The van der Waals surface area contributed by atoms with Gasteiger partial charge in [0.2, 0.25) is 0 Å². The summed E-state index contributed by atoms with van der Waals surface area (Å²) in [5, 5.41) is 10.0. The van der Waals surface area contributed by atoms with E-state index in [0.29, 0.717) is 11.5 Å². The van der Waals surface area contributed by atoms with E-state index in [4.69, 9.17) is 4.74 Å². The Morgan fingerprint density at radius 1 is 1.50 bits per heavy atom. The Kier molecular flexibility index (Phi) is 4.46. The van der Waals surface area contributed by atoms with E-state index < -0.39 is 5.69 Å². The van der Waals surface area contributed by atoms with Crippen molar-refractivity contribution in [2.75, 3.05) is 12.5 Å². The maximum atomic E-state index is 11.0. The third-order valence-electron chi connectivity index (χ3n) is 2.44. The van der Waals surface area contributed by atoms with Gasteiger partial charge in [-0.25, -0.2) is 9.89 Å². The Morgan fingerprint density at radius 2 is 2.30 bits per heavy atom. The summed E-state index contributed by atoms with van der Waals surface area (Å²) in [4.78, 5) is 14.8. The second-order valence-corrected chi connectivity index (χ2v) is 4.69. The molecule has 104 valence electrons. The van der Waals surface area contributed by atoms with E-state index in [1.54, 1.807) is 20.2 Å². The highest BCUT2D eigenvalue weighted by molar-refractivity contribution is 9.10. The molecule has 1 aromatic carbocycles. The number of rotatable bonds is 4. The number of H-pyrrole nitrogens is 1. The lowest BCUT2D eigenvalue weighted by molar-refractivity contribution is 0.412. The monoisotopic (exact) mass is 337 g/mol. The molecule has 2 N–H and O–H groups in total. The van der Waals surface area contributed by atoms with Crippen LogP contribution in [-0.4, -0.2) is 28.5 Å². The second kappa shape index (κ2) is 6.29. The normalized spacial score (nSPS) is 10.8. The number of aryl methyl sites for hydroxylation is 1. The van der Waals surface area contributed by atoms with Crippen LogP contribution in [0.5, 0.6) is 5.75 Å². The van der Waals surface area contributed by atoms with Crippen LogP contribution >= 0.6 is 15.9 Å². The molecule has 1 aromatic heterocycles. The fourth-order valence-electron chi connectivity index (χ4n) is 1.43. The van der Waals surface area contributed by atoms with Crippen LogP contribution < -0.4 is 15.9 Å². The molecule has 0 amide bonds. The Hall–Kier alpha value is -2.22. The molecule has 0 saturated heterocycles. The van der Waals surface area contributed by atoms with Gasteiger partial charge in [-0.2, -0.15) is 15.2 Å². The molecule has 0 aliphatic heterocycles. The maximum absolute atomic E-state index is 11.0. The van der Waals surface area contributed by atoms with E-state index in [-0.39, 0.29) is 0 Å². The molecule has 0 radical (unpaired) electrons. The predicted octanol–water partition coefficient (Wildman–Crippen LogP) is 1.69. The molecule has 0 aliphatic carbocycles. The van der Waals surface area contributed by atoms with E-state index in [0.717, 1.165) is 15.8 Å². The van der Waals surface area contributed by atoms with Crippen molar-refractivity contribution in [1.82, 2.24) is 15.2 Å². The van der Waals surface area contributed by atoms with Gasteiger partial charge in [0, 0.05) is 0 Å². The van der Waals surface area contributed by atoms with Gasteiger partial charge in [-0.3, -0.25) is 5.43 Å². The number of nitrogens with one attached hydrogen (secondary N) is 2. The van der Waals surface area contributed by atoms with E-state index in [1.807, 2.05) is 18.2 Å². The smallest absolute Gasteiger partial charge is 0.363 e. The number of aromatic amines is 1. The van der Waals surface area contributed by atoms with Gasteiger partial charge in [-0.05, 0) is 46.6 Å². The number of aromatic nitrogens is 3. The molecule has 0 aliphatic rings. The van der Waals surface area contributed by atoms with Gasteiger partial charge in [0.1, 0.15) is 11.4 Å². The van der Waals surface area contributed by atoms with Crippen molar-refractivity contribution < 1.29 is 4.74 Å². The second-order valence-electron chi connectivity index (χ2n) is 3.84. The highest BCUT2D eigenvalue weighted by Gasteiger charge is 2.01. The molecule has 0 saturated carbocycles. The van der Waals surface area contributed by atoms with Crippen molar-refractivity contribution in [2.24, 2.45) is 5.10 Å². The van der Waals surface area contributed by atoms with Crippen LogP contribution in [0.4, 0.5) is 5.82 Å². The standard InChI is InChI=1S/C12H12BrN5O2/c1-7-11(15-12(19)18-16-7)17-14-6-8-3-4-10(20-2)9(13)5-8/h3-6H,1-2H3,(H2,15,17,18,19)/b14-6+. The summed E-state index contributed by atoms with van der Waals surface area (Å²) < 4.78 is 5.97. The largest absolute Gasteiger partial charge is 0.496 e. The van der Waals surface area contributed by atoms with Crippen molar-refractivity contribution in [3.05, 3.63) is 44.4 Å². The summed E-state index contributed by atoms with van der Waals surface area (Å²) in [5.41, 5.74) is 3.57. The Morgan fingerprint density at radius 3 is 3.00 bits per heavy atom. The molecule has 1 heterocycles. The summed E-state index contributed by atoms with van der Waals surface area (Å²) in [7, 11) is 1.60. The van der Waals surface area contributed by atoms with Gasteiger partial charge in [-0.1, -0.05) is 0 Å². The fourth-order valence-corrected chi connectivity index (χ4v) is 1.99. The fraction of sp³-hybridized carbons (Fsp3) is 0.167. The molecule has 0 spiro atoms. The first-order chi connectivity index (χ1) is 9.60. The first kappa shape index (κ1) is 14.2. The molecule has 2 aromatic rings. The minimum absolute atomic E-state index is 0.317. The minimum Gasteiger partial charge on any atom is -0.496 e. The number of hydrazone groups is 1. The zero-order chi connectivity index (χ0) is 14.5. The lowest BCUT2D eigenvalue weighted by Crippen LogP contribution is -2.15. The first-order valence-electron chi connectivity index (χ1n) is 5.66. The van der Waals surface area contributed by atoms with E-state index in [9.17, 15) is 4.79 Å². The van der Waals surface area contributed by atoms with Crippen molar-refractivity contribution in [1.29, 1.82) is 0 Å². The first-order valence-corrected chi connectivity index (χ1v) is 6.45. The summed E-state index contributed by atoms with van der Waals surface area (Å²) in [6.07, 6.45) is 1.60. The number of hydrogen-bond acceptors (Lipinski definition) is 6. The van der Waals surface area contributed by atoms with Gasteiger partial charge in [0.05, 0.1) is 17.8 Å². The molecule has 7 nitrogen and oxygen atoms in total. The van der Waals surface area contributed by atoms with E-state index in [2.05, 4.69) is 41.6 Å². The number of methoxy groups -OCH3 is 1. The summed E-state index contributed by atoms with van der Waals surface area (Å²) in [6, 6.07) is 5.54. The molecular formula is C12H12BrN5O2. The van der Waals surface area contributed by atoms with E-state index >= 15 is 0 Å². The number of benzene rings is 1. The minimum atomic E-state index is -0.527. The third-order valence-corrected chi connectivity index (χ3v) is 3.05. The summed E-state index contributed by atoms with van der Waals surface area (Å²) >= 11 is 3.39. The summed E-state index contributed by atoms with van der Waals surface area (Å²) in [6.45, 7) is 1.71. The van der Waals surface area contributed by atoms with Crippen molar-refractivity contribution in [2.45, 2.75) is 6.92 Å². The van der Waals surface area contributed by atoms with Gasteiger partial charge in [0.25, 0.3) is 0 Å². The van der Waals surface area contributed by atoms with Crippen molar-refractivity contribution in [3.8, 4) is 5.75 Å². The number of ether oxygens (including phenoxy) is 1. The number of nitrogens with zero attached hydrogens (tertiary/aromatic N) is 3. The molecule has 20 heavy (non-hydrogen) atoms. The van der Waals surface area contributed by atoms with Crippen LogP contribution in [0.1, 0.15) is 11.3 Å². The Labute approximate surface area is 123 Å². The highest BCUT2D eigenvalue weighted by Crippen LogP contribution is 2.24. The van der Waals surface area contributed by atoms with E-state index in [1.165, 1.54) is 0 Å². The zero-order valence-corrected chi connectivity index (χ0v) is 12.4. The molecule has 8 heteroatoms. The van der Waals surface area contributed by atoms with Gasteiger partial charge in [-0.15, -0.1) is 0 Å².